The van der Waals surface area contributed by atoms with Crippen LogP contribution in [0.15, 0.2) is 41.2 Å². The van der Waals surface area contributed by atoms with Gasteiger partial charge < -0.3 is 10.1 Å². The topological polar surface area (TPSA) is 73.2 Å². The molecule has 2 aliphatic rings. The van der Waals surface area contributed by atoms with Gasteiger partial charge in [0.05, 0.1) is 12.8 Å². The van der Waals surface area contributed by atoms with Crippen LogP contribution >= 0.6 is 0 Å². The molecule has 3 atom stereocenters. The first-order valence-corrected chi connectivity index (χ1v) is 9.61. The number of hydrogen-bond acceptors (Lipinski definition) is 4. The highest BCUT2D eigenvalue weighted by Crippen LogP contribution is 2.47. The molecule has 1 N–H and O–H groups in total. The van der Waals surface area contributed by atoms with E-state index in [-0.39, 0.29) is 18.0 Å². The number of methoxy groups -OCH3 is 1. The maximum atomic E-state index is 12.3. The number of benzene rings is 1. The fraction of sp³-hybridized carbons (Fsp3) is 0.476. The van der Waals surface area contributed by atoms with Gasteiger partial charge in [-0.3, -0.25) is 9.59 Å². The highest BCUT2D eigenvalue weighted by atomic mass is 16.5. The van der Waals surface area contributed by atoms with Gasteiger partial charge in [0.2, 0.25) is 5.91 Å². The molecule has 1 aromatic heterocycles. The Labute approximate surface area is 158 Å². The van der Waals surface area contributed by atoms with Crippen molar-refractivity contribution >= 4 is 5.91 Å². The van der Waals surface area contributed by atoms with Gasteiger partial charge in [-0.15, -0.1) is 0 Å². The van der Waals surface area contributed by atoms with Gasteiger partial charge in [-0.25, -0.2) is 4.68 Å². The molecule has 2 aliphatic carbocycles. The summed E-state index contributed by atoms with van der Waals surface area (Å²) in [6.07, 6.45) is 5.21. The minimum atomic E-state index is -0.276. The number of carbonyl (C=O) groups is 1. The van der Waals surface area contributed by atoms with Crippen molar-refractivity contribution < 1.29 is 9.53 Å². The molecule has 0 aliphatic heterocycles. The minimum Gasteiger partial charge on any atom is -0.497 e. The molecule has 4 rings (SSSR count). The summed E-state index contributed by atoms with van der Waals surface area (Å²) in [5.74, 6) is 2.84. The predicted molar refractivity (Wildman–Crippen MR) is 102 cm³/mol. The van der Waals surface area contributed by atoms with Crippen LogP contribution in [0, 0.1) is 17.8 Å². The lowest BCUT2D eigenvalue weighted by Gasteiger charge is -2.21. The van der Waals surface area contributed by atoms with Gasteiger partial charge in [0, 0.05) is 18.2 Å². The first kappa shape index (κ1) is 17.8. The van der Waals surface area contributed by atoms with Crippen LogP contribution in [0.4, 0.5) is 0 Å². The van der Waals surface area contributed by atoms with Gasteiger partial charge in [0.15, 0.2) is 0 Å². The summed E-state index contributed by atoms with van der Waals surface area (Å²) < 4.78 is 6.39. The molecule has 142 valence electrons. The van der Waals surface area contributed by atoms with Gasteiger partial charge in [0.1, 0.15) is 12.3 Å². The zero-order valence-electron chi connectivity index (χ0n) is 15.6. The molecule has 2 fully saturated rings. The van der Waals surface area contributed by atoms with Crippen molar-refractivity contribution in [3.8, 4) is 17.0 Å². The van der Waals surface area contributed by atoms with Crippen molar-refractivity contribution in [2.24, 2.45) is 17.8 Å². The molecule has 0 saturated heterocycles. The van der Waals surface area contributed by atoms with Gasteiger partial charge >= 0.3 is 0 Å². The third-order valence-electron chi connectivity index (χ3n) is 5.99. The summed E-state index contributed by atoms with van der Waals surface area (Å²) in [4.78, 5) is 24.4. The Hall–Kier alpha value is -2.63. The quantitative estimate of drug-likeness (QED) is 0.851. The Balaban J connectivity index is 1.40. The number of aromatic nitrogens is 2. The molecule has 6 heteroatoms. The lowest BCUT2D eigenvalue weighted by molar-refractivity contribution is -0.122. The summed E-state index contributed by atoms with van der Waals surface area (Å²) in [6, 6.07) is 10.6. The molecule has 1 amide bonds. The Morgan fingerprint density at radius 2 is 2.00 bits per heavy atom. The molecule has 0 spiro atoms. The largest absolute Gasteiger partial charge is 0.497 e. The van der Waals surface area contributed by atoms with E-state index in [9.17, 15) is 9.59 Å². The van der Waals surface area contributed by atoms with Gasteiger partial charge in [-0.05, 0) is 67.3 Å². The Morgan fingerprint density at radius 1 is 1.19 bits per heavy atom. The van der Waals surface area contributed by atoms with E-state index in [1.165, 1.54) is 36.4 Å². The number of amides is 1. The number of fused-ring (bicyclic) bond motifs is 2. The van der Waals surface area contributed by atoms with E-state index in [1.807, 2.05) is 24.3 Å². The van der Waals surface area contributed by atoms with Crippen molar-refractivity contribution in [3.63, 3.8) is 0 Å². The molecule has 3 unspecified atom stereocenters. The van der Waals surface area contributed by atoms with Gasteiger partial charge in [0.25, 0.3) is 5.56 Å². The highest BCUT2D eigenvalue weighted by Gasteiger charge is 2.39. The highest BCUT2D eigenvalue weighted by molar-refractivity contribution is 5.75. The maximum absolute atomic E-state index is 12.3. The van der Waals surface area contributed by atoms with Gasteiger partial charge in [-0.1, -0.05) is 6.42 Å². The zero-order valence-corrected chi connectivity index (χ0v) is 15.6. The van der Waals surface area contributed by atoms with Crippen molar-refractivity contribution in [1.82, 2.24) is 15.1 Å². The SMILES string of the molecule is COc1ccc(-c2ccc(=O)n(CC(=O)NCC3CC4CCC3C4)n2)cc1. The number of nitrogens with one attached hydrogen (secondary N) is 1. The first-order chi connectivity index (χ1) is 13.1. The van der Waals surface area contributed by atoms with E-state index >= 15 is 0 Å². The fourth-order valence-corrected chi connectivity index (χ4v) is 4.54. The van der Waals surface area contributed by atoms with Crippen LogP contribution in [-0.4, -0.2) is 29.3 Å². The summed E-state index contributed by atoms with van der Waals surface area (Å²) in [5, 5.41) is 7.36. The minimum absolute atomic E-state index is 0.0519. The lowest BCUT2D eigenvalue weighted by Crippen LogP contribution is -2.37. The van der Waals surface area contributed by atoms with Crippen LogP contribution in [0.3, 0.4) is 0 Å². The smallest absolute Gasteiger partial charge is 0.267 e. The normalized spacial score (nSPS) is 23.4. The lowest BCUT2D eigenvalue weighted by atomic mass is 9.89. The predicted octanol–water partition coefficient (Wildman–Crippen LogP) is 2.47. The maximum Gasteiger partial charge on any atom is 0.267 e. The average Bonchev–Trinajstić information content (AvgIpc) is 3.31. The van der Waals surface area contributed by atoms with E-state index in [2.05, 4.69) is 10.4 Å². The van der Waals surface area contributed by atoms with Crippen LogP contribution in [0.5, 0.6) is 5.75 Å². The van der Waals surface area contributed by atoms with Gasteiger partial charge in [-0.2, -0.15) is 5.10 Å². The zero-order chi connectivity index (χ0) is 18.8. The average molecular weight is 367 g/mol. The molecule has 6 nitrogen and oxygen atoms in total. The van der Waals surface area contributed by atoms with E-state index in [1.54, 1.807) is 13.2 Å². The monoisotopic (exact) mass is 367 g/mol. The summed E-state index contributed by atoms with van der Waals surface area (Å²) in [5.41, 5.74) is 1.24. The fourth-order valence-electron chi connectivity index (χ4n) is 4.54. The summed E-state index contributed by atoms with van der Waals surface area (Å²) in [7, 11) is 1.61. The molecule has 1 aromatic carbocycles. The van der Waals surface area contributed by atoms with Crippen LogP contribution in [-0.2, 0) is 11.3 Å². The Kier molecular flexibility index (Phi) is 4.97. The molecule has 2 bridgehead atoms. The number of nitrogens with zero attached hydrogens (tertiary/aromatic N) is 2. The molecular weight excluding hydrogens is 342 g/mol. The van der Waals surface area contributed by atoms with Crippen LogP contribution < -0.4 is 15.6 Å². The second kappa shape index (κ2) is 7.55. The van der Waals surface area contributed by atoms with E-state index < -0.39 is 0 Å². The van der Waals surface area contributed by atoms with Crippen molar-refractivity contribution in [3.05, 3.63) is 46.8 Å². The van der Waals surface area contributed by atoms with Crippen molar-refractivity contribution in [1.29, 1.82) is 0 Å². The van der Waals surface area contributed by atoms with E-state index in [0.717, 1.165) is 23.1 Å². The Bertz CT molecular complexity index is 875. The molecule has 2 saturated carbocycles. The van der Waals surface area contributed by atoms with Crippen LogP contribution in [0.1, 0.15) is 25.7 Å². The molecule has 27 heavy (non-hydrogen) atoms. The van der Waals surface area contributed by atoms with E-state index in [4.69, 9.17) is 4.74 Å². The second-order valence-corrected chi connectivity index (χ2v) is 7.68. The first-order valence-electron chi connectivity index (χ1n) is 9.61. The summed E-state index contributed by atoms with van der Waals surface area (Å²) in [6.45, 7) is 0.663. The standard InChI is InChI=1S/C21H25N3O3/c1-27-18-6-4-15(5-7-18)19-8-9-21(26)24(23-19)13-20(25)22-12-17-11-14-2-3-16(17)10-14/h4-9,14,16-17H,2-3,10-13H2,1H3,(H,22,25). The number of hydrogen-bond donors (Lipinski definition) is 1. The third-order valence-corrected chi connectivity index (χ3v) is 5.99. The van der Waals surface area contributed by atoms with Crippen molar-refractivity contribution in [2.75, 3.05) is 13.7 Å². The molecule has 1 heterocycles. The second-order valence-electron chi connectivity index (χ2n) is 7.68. The number of rotatable bonds is 6. The molecule has 2 aromatic rings. The van der Waals surface area contributed by atoms with E-state index in [0.29, 0.717) is 18.2 Å². The molecule has 0 radical (unpaired) electrons. The third kappa shape index (κ3) is 3.89. The van der Waals surface area contributed by atoms with Crippen molar-refractivity contribution in [2.45, 2.75) is 32.2 Å². The Morgan fingerprint density at radius 3 is 2.67 bits per heavy atom. The number of ether oxygens (including phenoxy) is 1. The summed E-state index contributed by atoms with van der Waals surface area (Å²) >= 11 is 0. The van der Waals surface area contributed by atoms with Crippen LogP contribution in [0.2, 0.25) is 0 Å². The number of carbonyl (C=O) groups excluding carboxylic acids is 1. The van der Waals surface area contributed by atoms with Crippen LogP contribution in [0.25, 0.3) is 11.3 Å². The molecular formula is C21H25N3O3.